The molecular weight excluding hydrogens is 357 g/mol. The molecule has 0 bridgehead atoms. The van der Waals surface area contributed by atoms with Gasteiger partial charge < -0.3 is 10.1 Å². The fourth-order valence-electron chi connectivity index (χ4n) is 2.40. The molecular formula is C20H23Cl2NO2. The van der Waals surface area contributed by atoms with Gasteiger partial charge in [-0.3, -0.25) is 4.79 Å². The average molecular weight is 380 g/mol. The van der Waals surface area contributed by atoms with Crippen molar-refractivity contribution < 1.29 is 9.53 Å². The van der Waals surface area contributed by atoms with E-state index in [1.807, 2.05) is 24.3 Å². The summed E-state index contributed by atoms with van der Waals surface area (Å²) < 4.78 is 5.71. The predicted octanol–water partition coefficient (Wildman–Crippen LogP) is 6.59. The number of nitrogens with one attached hydrogen (secondary N) is 1. The molecule has 0 aliphatic rings. The second-order valence-corrected chi connectivity index (χ2v) is 6.71. The maximum Gasteiger partial charge on any atom is 0.257 e. The number of ether oxygens (including phenoxy) is 1. The third kappa shape index (κ3) is 6.60. The third-order valence-electron chi connectivity index (χ3n) is 3.80. The van der Waals surface area contributed by atoms with Crippen LogP contribution in [0, 0.1) is 0 Å². The Morgan fingerprint density at radius 1 is 1.00 bits per heavy atom. The molecule has 0 aliphatic heterocycles. The van der Waals surface area contributed by atoms with Crippen molar-refractivity contribution in [3.63, 3.8) is 0 Å². The summed E-state index contributed by atoms with van der Waals surface area (Å²) in [5.41, 5.74) is 1.07. The van der Waals surface area contributed by atoms with Gasteiger partial charge in [0.2, 0.25) is 0 Å². The van der Waals surface area contributed by atoms with E-state index in [2.05, 4.69) is 12.2 Å². The summed E-state index contributed by atoms with van der Waals surface area (Å²) >= 11 is 11.9. The summed E-state index contributed by atoms with van der Waals surface area (Å²) in [6.07, 6.45) is 6.05. The number of rotatable bonds is 9. The molecule has 134 valence electrons. The van der Waals surface area contributed by atoms with Crippen molar-refractivity contribution in [1.82, 2.24) is 0 Å². The van der Waals surface area contributed by atoms with Crippen LogP contribution in [0.4, 0.5) is 5.69 Å². The van der Waals surface area contributed by atoms with Crippen molar-refractivity contribution >= 4 is 34.8 Å². The van der Waals surface area contributed by atoms with Crippen LogP contribution in [0.5, 0.6) is 5.75 Å². The zero-order valence-electron chi connectivity index (χ0n) is 14.4. The number of amides is 1. The minimum Gasteiger partial charge on any atom is -0.494 e. The fourth-order valence-corrected chi connectivity index (χ4v) is 2.90. The first-order valence-electron chi connectivity index (χ1n) is 8.59. The van der Waals surface area contributed by atoms with Crippen LogP contribution in [0.1, 0.15) is 49.4 Å². The zero-order valence-corrected chi connectivity index (χ0v) is 15.9. The Kier molecular flexibility index (Phi) is 8.10. The normalized spacial score (nSPS) is 10.5. The van der Waals surface area contributed by atoms with Crippen LogP contribution < -0.4 is 10.1 Å². The minimum absolute atomic E-state index is 0.272. The second-order valence-electron chi connectivity index (χ2n) is 5.87. The highest BCUT2D eigenvalue weighted by molar-refractivity contribution is 6.37. The Morgan fingerprint density at radius 3 is 2.40 bits per heavy atom. The van der Waals surface area contributed by atoms with Crippen LogP contribution in [0.3, 0.4) is 0 Å². The van der Waals surface area contributed by atoms with E-state index in [0.717, 1.165) is 18.8 Å². The standard InChI is InChI=1S/C20H23Cl2NO2/c1-2-3-4-5-6-13-25-17-10-8-16(9-11-17)23-20(24)18-12-7-15(21)14-19(18)22/h7-12,14H,2-6,13H2,1H3,(H,23,24). The molecule has 2 rings (SSSR count). The number of hydrogen-bond donors (Lipinski definition) is 1. The average Bonchev–Trinajstić information content (AvgIpc) is 2.59. The molecule has 3 nitrogen and oxygen atoms in total. The monoisotopic (exact) mass is 379 g/mol. The van der Waals surface area contributed by atoms with Crippen molar-refractivity contribution in [3.05, 3.63) is 58.1 Å². The topological polar surface area (TPSA) is 38.3 Å². The maximum absolute atomic E-state index is 12.3. The van der Waals surface area contributed by atoms with Crippen LogP contribution >= 0.6 is 23.2 Å². The van der Waals surface area contributed by atoms with Crippen molar-refractivity contribution in [2.24, 2.45) is 0 Å². The highest BCUT2D eigenvalue weighted by Crippen LogP contribution is 2.23. The van der Waals surface area contributed by atoms with E-state index >= 15 is 0 Å². The molecule has 0 aliphatic carbocycles. The Labute approximate surface area is 159 Å². The smallest absolute Gasteiger partial charge is 0.257 e. The fraction of sp³-hybridized carbons (Fsp3) is 0.350. The molecule has 0 spiro atoms. The number of hydrogen-bond acceptors (Lipinski definition) is 2. The molecule has 1 N–H and O–H groups in total. The molecule has 0 fully saturated rings. The highest BCUT2D eigenvalue weighted by Gasteiger charge is 2.11. The lowest BCUT2D eigenvalue weighted by Gasteiger charge is -2.09. The van der Waals surface area contributed by atoms with Gasteiger partial charge in [0.1, 0.15) is 5.75 Å². The lowest BCUT2D eigenvalue weighted by atomic mass is 10.2. The van der Waals surface area contributed by atoms with E-state index in [1.54, 1.807) is 18.2 Å². The molecule has 25 heavy (non-hydrogen) atoms. The summed E-state index contributed by atoms with van der Waals surface area (Å²) in [5.74, 6) is 0.532. The van der Waals surface area contributed by atoms with Gasteiger partial charge in [-0.25, -0.2) is 0 Å². The molecule has 0 radical (unpaired) electrons. The summed E-state index contributed by atoms with van der Waals surface area (Å²) in [5, 5.41) is 3.64. The van der Waals surface area contributed by atoms with Crippen molar-refractivity contribution in [2.75, 3.05) is 11.9 Å². The molecule has 0 saturated heterocycles. The molecule has 2 aromatic rings. The number of anilines is 1. The number of carbonyl (C=O) groups excluding carboxylic acids is 1. The van der Waals surface area contributed by atoms with E-state index in [0.29, 0.717) is 21.3 Å². The third-order valence-corrected chi connectivity index (χ3v) is 4.35. The number of unbranched alkanes of at least 4 members (excludes halogenated alkanes) is 4. The second kappa shape index (κ2) is 10.3. The van der Waals surface area contributed by atoms with Gasteiger partial charge in [0.05, 0.1) is 17.2 Å². The van der Waals surface area contributed by atoms with E-state index in [-0.39, 0.29) is 5.91 Å². The van der Waals surface area contributed by atoms with E-state index in [9.17, 15) is 4.79 Å². The minimum atomic E-state index is -0.272. The quantitative estimate of drug-likeness (QED) is 0.498. The maximum atomic E-state index is 12.3. The van der Waals surface area contributed by atoms with Gasteiger partial charge in [-0.1, -0.05) is 55.8 Å². The first kappa shape index (κ1) is 19.6. The van der Waals surface area contributed by atoms with Crippen molar-refractivity contribution in [3.8, 4) is 5.75 Å². The highest BCUT2D eigenvalue weighted by atomic mass is 35.5. The molecule has 0 atom stereocenters. The summed E-state index contributed by atoms with van der Waals surface area (Å²) in [7, 11) is 0. The predicted molar refractivity (Wildman–Crippen MR) is 105 cm³/mol. The molecule has 0 saturated carbocycles. The summed E-state index contributed by atoms with van der Waals surface area (Å²) in [6, 6.07) is 12.1. The summed E-state index contributed by atoms with van der Waals surface area (Å²) in [6.45, 7) is 2.92. The van der Waals surface area contributed by atoms with E-state index in [1.165, 1.54) is 25.7 Å². The molecule has 0 heterocycles. The Hall–Kier alpha value is -1.71. The Balaban J connectivity index is 1.82. The van der Waals surface area contributed by atoms with Gasteiger partial charge in [-0.05, 0) is 48.9 Å². The van der Waals surface area contributed by atoms with Crippen molar-refractivity contribution in [2.45, 2.75) is 39.0 Å². The first-order chi connectivity index (χ1) is 12.1. The Morgan fingerprint density at radius 2 is 1.72 bits per heavy atom. The number of benzene rings is 2. The van der Waals surface area contributed by atoms with Crippen LogP contribution in [-0.2, 0) is 0 Å². The van der Waals surface area contributed by atoms with Gasteiger partial charge in [0.15, 0.2) is 0 Å². The lowest BCUT2D eigenvalue weighted by molar-refractivity contribution is 0.102. The summed E-state index contributed by atoms with van der Waals surface area (Å²) in [4.78, 5) is 12.3. The Bertz CT molecular complexity index is 687. The number of halogens is 2. The molecule has 0 aromatic heterocycles. The van der Waals surface area contributed by atoms with Gasteiger partial charge >= 0.3 is 0 Å². The van der Waals surface area contributed by atoms with E-state index in [4.69, 9.17) is 27.9 Å². The largest absolute Gasteiger partial charge is 0.494 e. The van der Waals surface area contributed by atoms with Gasteiger partial charge in [0, 0.05) is 10.7 Å². The molecule has 0 unspecified atom stereocenters. The first-order valence-corrected chi connectivity index (χ1v) is 9.35. The van der Waals surface area contributed by atoms with Crippen LogP contribution in [0.25, 0.3) is 0 Å². The van der Waals surface area contributed by atoms with Crippen LogP contribution in [-0.4, -0.2) is 12.5 Å². The van der Waals surface area contributed by atoms with Crippen LogP contribution in [0.2, 0.25) is 10.0 Å². The zero-order chi connectivity index (χ0) is 18.1. The lowest BCUT2D eigenvalue weighted by Crippen LogP contribution is -2.12. The van der Waals surface area contributed by atoms with Gasteiger partial charge in [-0.15, -0.1) is 0 Å². The van der Waals surface area contributed by atoms with Gasteiger partial charge in [0.25, 0.3) is 5.91 Å². The van der Waals surface area contributed by atoms with Crippen molar-refractivity contribution in [1.29, 1.82) is 0 Å². The number of carbonyl (C=O) groups is 1. The molecule has 2 aromatic carbocycles. The SMILES string of the molecule is CCCCCCCOc1ccc(NC(=O)c2ccc(Cl)cc2Cl)cc1. The molecule has 5 heteroatoms. The van der Waals surface area contributed by atoms with E-state index < -0.39 is 0 Å². The molecule has 1 amide bonds. The van der Waals surface area contributed by atoms with Crippen LogP contribution in [0.15, 0.2) is 42.5 Å². The van der Waals surface area contributed by atoms with Gasteiger partial charge in [-0.2, -0.15) is 0 Å².